The second kappa shape index (κ2) is 14.2. The van der Waals surface area contributed by atoms with E-state index < -0.39 is 16.1 Å². The molecule has 12 nitrogen and oxygen atoms in total. The van der Waals surface area contributed by atoms with Gasteiger partial charge in [-0.3, -0.25) is 4.52 Å². The molecule has 0 atom stereocenters. The molecule has 0 amide bonds. The molecule has 186 valence electrons. The number of rotatable bonds is 17. The van der Waals surface area contributed by atoms with E-state index in [0.29, 0.717) is 62.8 Å². The van der Waals surface area contributed by atoms with Gasteiger partial charge in [-0.2, -0.15) is 0 Å². The van der Waals surface area contributed by atoms with Crippen LogP contribution in [0.3, 0.4) is 0 Å². The maximum absolute atomic E-state index is 10.6. The van der Waals surface area contributed by atoms with Crippen LogP contribution in [-0.2, 0) is 38.1 Å². The van der Waals surface area contributed by atoms with Gasteiger partial charge in [0.25, 0.3) is 0 Å². The van der Waals surface area contributed by atoms with Gasteiger partial charge in [0.05, 0.1) is 45.3 Å². The first kappa shape index (κ1) is 28.0. The predicted molar refractivity (Wildman–Crippen MR) is 124 cm³/mol. The van der Waals surface area contributed by atoms with Crippen LogP contribution >= 0.6 is 19.6 Å². The molecule has 0 bridgehead atoms. The molecule has 0 aromatic carbocycles. The Hall–Kier alpha value is -1.22. The van der Waals surface area contributed by atoms with E-state index in [4.69, 9.17) is 19.3 Å². The largest absolute Gasteiger partial charge is 0.469 e. The van der Waals surface area contributed by atoms with Gasteiger partial charge in [0.1, 0.15) is 0 Å². The second-order valence-electron chi connectivity index (χ2n) is 7.89. The third-order valence-corrected chi connectivity index (χ3v) is 8.41. The van der Waals surface area contributed by atoms with E-state index in [2.05, 4.69) is 24.8 Å². The zero-order valence-electron chi connectivity index (χ0n) is 18.9. The van der Waals surface area contributed by atoms with Crippen molar-refractivity contribution in [3.8, 4) is 0 Å². The Labute approximate surface area is 198 Å². The van der Waals surface area contributed by atoms with Gasteiger partial charge >= 0.3 is 7.82 Å². The lowest BCUT2D eigenvalue weighted by atomic mass is 10.2. The van der Waals surface area contributed by atoms with Crippen molar-refractivity contribution in [2.24, 2.45) is 0 Å². The van der Waals surface area contributed by atoms with Crippen molar-refractivity contribution in [3.63, 3.8) is 0 Å². The van der Waals surface area contributed by atoms with Gasteiger partial charge in [0.2, 0.25) is 0 Å². The van der Waals surface area contributed by atoms with Crippen LogP contribution in [0.1, 0.15) is 24.1 Å². The summed E-state index contributed by atoms with van der Waals surface area (Å²) < 4.78 is 27.8. The van der Waals surface area contributed by atoms with Gasteiger partial charge < -0.3 is 24.1 Å². The fraction of sp³-hybridized carbons (Fsp3) is 0.667. The van der Waals surface area contributed by atoms with E-state index in [1.165, 1.54) is 11.8 Å². The van der Waals surface area contributed by atoms with Crippen LogP contribution < -0.4 is 0 Å². The minimum Gasteiger partial charge on any atom is -0.431 e. The smallest absolute Gasteiger partial charge is 0.431 e. The SMILES string of the molecule is C[Si](C)(O)CSc1ncc(COCCOCCn2cc(CCCCOP(=O)(O)O)nn2)cn1. The molecule has 0 saturated carbocycles. The average Bonchev–Trinajstić information content (AvgIpc) is 3.18. The summed E-state index contributed by atoms with van der Waals surface area (Å²) in [6.07, 6.45) is 7.17. The number of hydrogen-bond donors (Lipinski definition) is 3. The van der Waals surface area contributed by atoms with Gasteiger partial charge in [-0.1, -0.05) is 17.0 Å². The molecule has 33 heavy (non-hydrogen) atoms. The Kier molecular flexibility index (Phi) is 12.1. The van der Waals surface area contributed by atoms with E-state index in [9.17, 15) is 9.36 Å². The number of nitrogens with zero attached hydrogens (tertiary/aromatic N) is 5. The fourth-order valence-corrected chi connectivity index (χ4v) is 5.01. The molecule has 0 unspecified atom stereocenters. The van der Waals surface area contributed by atoms with E-state index >= 15 is 0 Å². The van der Waals surface area contributed by atoms with E-state index in [0.717, 1.165) is 11.3 Å². The fourth-order valence-electron chi connectivity index (χ4n) is 2.46. The van der Waals surface area contributed by atoms with E-state index in [-0.39, 0.29) is 6.61 Å². The predicted octanol–water partition coefficient (Wildman–Crippen LogP) is 1.56. The molecule has 0 radical (unpaired) electrons. The minimum atomic E-state index is -4.39. The highest BCUT2D eigenvalue weighted by Crippen LogP contribution is 2.35. The van der Waals surface area contributed by atoms with Crippen molar-refractivity contribution in [1.82, 2.24) is 25.0 Å². The summed E-state index contributed by atoms with van der Waals surface area (Å²) >= 11 is 1.47. The second-order valence-corrected chi connectivity index (χ2v) is 14.6. The summed E-state index contributed by atoms with van der Waals surface area (Å²) in [5, 5.41) is 9.42. The zero-order valence-corrected chi connectivity index (χ0v) is 21.6. The number of phosphoric acid groups is 1. The first-order valence-corrected chi connectivity index (χ1v) is 16.2. The normalized spacial score (nSPS) is 12.4. The quantitative estimate of drug-likeness (QED) is 0.0907. The highest BCUT2D eigenvalue weighted by atomic mass is 32.2. The number of ether oxygens (including phenoxy) is 2. The molecule has 0 aliphatic carbocycles. The topological polar surface area (TPSA) is 162 Å². The number of hydrogen-bond acceptors (Lipinski definition) is 10. The number of thioether (sulfide) groups is 1. The van der Waals surface area contributed by atoms with Gasteiger partial charge in [0.15, 0.2) is 13.5 Å². The number of phosphoric ester groups is 1. The first-order valence-electron chi connectivity index (χ1n) is 10.5. The lowest BCUT2D eigenvalue weighted by Gasteiger charge is -2.12. The summed E-state index contributed by atoms with van der Waals surface area (Å²) in [6.45, 7) is 6.11. The Morgan fingerprint density at radius 2 is 1.82 bits per heavy atom. The number of aromatic nitrogens is 5. The molecule has 0 spiro atoms. The number of unbranched alkanes of at least 4 members (excludes halogenated alkanes) is 1. The lowest BCUT2D eigenvalue weighted by molar-refractivity contribution is 0.0368. The van der Waals surface area contributed by atoms with Crippen molar-refractivity contribution < 1.29 is 33.1 Å². The Morgan fingerprint density at radius 1 is 1.09 bits per heavy atom. The molecule has 0 saturated heterocycles. The molecule has 2 aromatic rings. The van der Waals surface area contributed by atoms with Crippen LogP contribution in [0.4, 0.5) is 0 Å². The molecule has 2 rings (SSSR count). The molecule has 2 aromatic heterocycles. The average molecular weight is 522 g/mol. The Balaban J connectivity index is 1.49. The van der Waals surface area contributed by atoms with Gasteiger partial charge in [-0.15, -0.1) is 5.10 Å². The van der Waals surface area contributed by atoms with Crippen LogP contribution in [0.25, 0.3) is 0 Å². The minimum absolute atomic E-state index is 0.0100. The van der Waals surface area contributed by atoms with Crippen molar-refractivity contribution in [2.45, 2.75) is 50.7 Å². The van der Waals surface area contributed by atoms with E-state index in [1.807, 2.05) is 19.3 Å². The summed E-state index contributed by atoms with van der Waals surface area (Å²) in [4.78, 5) is 35.7. The van der Waals surface area contributed by atoms with Gasteiger partial charge in [-0.25, -0.2) is 19.2 Å². The van der Waals surface area contributed by atoms with Crippen LogP contribution in [0.2, 0.25) is 13.1 Å². The first-order chi connectivity index (χ1) is 15.6. The van der Waals surface area contributed by atoms with Crippen molar-refractivity contribution in [3.05, 3.63) is 29.8 Å². The highest BCUT2D eigenvalue weighted by Gasteiger charge is 2.17. The van der Waals surface area contributed by atoms with Crippen LogP contribution in [0.5, 0.6) is 0 Å². The van der Waals surface area contributed by atoms with Crippen LogP contribution in [0, 0.1) is 0 Å². The molecule has 0 fully saturated rings. The molecule has 0 aliphatic rings. The summed E-state index contributed by atoms with van der Waals surface area (Å²) in [7, 11) is -6.50. The summed E-state index contributed by atoms with van der Waals surface area (Å²) in [5.74, 6) is 0. The maximum Gasteiger partial charge on any atom is 0.469 e. The third kappa shape index (κ3) is 13.9. The monoisotopic (exact) mass is 521 g/mol. The third-order valence-electron chi connectivity index (χ3n) is 4.01. The Bertz CT molecular complexity index is 863. The van der Waals surface area contributed by atoms with Gasteiger partial charge in [0, 0.05) is 29.5 Å². The summed E-state index contributed by atoms with van der Waals surface area (Å²) in [6, 6.07) is 0. The summed E-state index contributed by atoms with van der Waals surface area (Å²) in [5.41, 5.74) is 1.69. The molecule has 3 N–H and O–H groups in total. The van der Waals surface area contributed by atoms with Crippen molar-refractivity contribution >= 4 is 27.9 Å². The van der Waals surface area contributed by atoms with Crippen LogP contribution in [-0.4, -0.2) is 79.7 Å². The molecular weight excluding hydrogens is 489 g/mol. The van der Waals surface area contributed by atoms with Crippen molar-refractivity contribution in [2.75, 3.05) is 31.8 Å². The Morgan fingerprint density at radius 3 is 2.52 bits per heavy atom. The standard InChI is InChI=1S/C18H32N5O7PSSi/c1-33(2,27)15-32-18-19-11-16(12-20-18)14-29-10-9-28-8-6-23-13-17(21-22-23)5-3-4-7-30-31(24,25)26/h11-13,27H,3-10,14-15H2,1-2H3,(H2,24,25,26). The molecule has 0 aliphatic heterocycles. The van der Waals surface area contributed by atoms with Crippen molar-refractivity contribution in [1.29, 1.82) is 0 Å². The highest BCUT2D eigenvalue weighted by molar-refractivity contribution is 8.00. The zero-order chi connectivity index (χ0) is 24.2. The molecule has 2 heterocycles. The molecule has 15 heteroatoms. The van der Waals surface area contributed by atoms with E-state index in [1.54, 1.807) is 17.1 Å². The lowest BCUT2D eigenvalue weighted by Crippen LogP contribution is -2.29. The van der Waals surface area contributed by atoms with Gasteiger partial charge in [-0.05, 0) is 32.4 Å². The maximum atomic E-state index is 10.6. The van der Waals surface area contributed by atoms with Crippen LogP contribution in [0.15, 0.2) is 23.7 Å². The molecular formula is C18H32N5O7PSSi. The number of aryl methyl sites for hydroxylation is 1.